The molecule has 0 unspecified atom stereocenters. The molecule has 0 aliphatic carbocycles. The van der Waals surface area contributed by atoms with Gasteiger partial charge in [0.05, 0.1) is 17.4 Å². The van der Waals surface area contributed by atoms with Gasteiger partial charge in [-0.25, -0.2) is 8.96 Å². The number of piperidine rings is 1. The maximum atomic E-state index is 13.7. The number of aromatic nitrogens is 1. The van der Waals surface area contributed by atoms with E-state index in [0.29, 0.717) is 5.92 Å². The first-order valence-electron chi connectivity index (χ1n) is 8.93. The van der Waals surface area contributed by atoms with Crippen LogP contribution < -0.4 is 9.30 Å². The van der Waals surface area contributed by atoms with Gasteiger partial charge in [-0.2, -0.15) is 0 Å². The molecule has 0 amide bonds. The Hall–Kier alpha value is -2.20. The number of likely N-dealkylation sites (tertiary alicyclic amines) is 1. The number of hydrogen-bond donors (Lipinski definition) is 0. The normalized spacial score (nSPS) is 16.6. The van der Waals surface area contributed by atoms with Gasteiger partial charge in [0.25, 0.3) is 0 Å². The van der Waals surface area contributed by atoms with E-state index in [9.17, 15) is 4.39 Å². The van der Waals surface area contributed by atoms with Crippen molar-refractivity contribution in [1.82, 2.24) is 4.90 Å². The standard InChI is InChI=1S/C21H24FN2O/c1-23-9-7-15(8-10-23)14-25-18-4-5-19-16(11-18)13-24(2)21-6-3-17(22)12-20(19)21/h3-6,11-13,15H,7-10,14H2,1-2H3/q+1. The van der Waals surface area contributed by atoms with Gasteiger partial charge in [0, 0.05) is 11.5 Å². The molecular weight excluding hydrogens is 315 g/mol. The fourth-order valence-electron chi connectivity index (χ4n) is 3.74. The summed E-state index contributed by atoms with van der Waals surface area (Å²) in [5.74, 6) is 1.32. The molecule has 0 atom stereocenters. The molecule has 0 N–H and O–H groups in total. The van der Waals surface area contributed by atoms with Crippen LogP contribution in [0.5, 0.6) is 5.75 Å². The molecule has 4 rings (SSSR count). The molecule has 25 heavy (non-hydrogen) atoms. The molecule has 2 aromatic carbocycles. The lowest BCUT2D eigenvalue weighted by molar-refractivity contribution is -0.643. The molecular formula is C21H24FN2O+. The molecule has 1 fully saturated rings. The van der Waals surface area contributed by atoms with Gasteiger partial charge in [-0.3, -0.25) is 0 Å². The summed E-state index contributed by atoms with van der Waals surface area (Å²) in [7, 11) is 4.17. The Morgan fingerprint density at radius 3 is 2.72 bits per heavy atom. The number of ether oxygens (including phenoxy) is 1. The van der Waals surface area contributed by atoms with Crippen molar-refractivity contribution in [2.75, 3.05) is 26.7 Å². The number of nitrogens with zero attached hydrogens (tertiary/aromatic N) is 2. The quantitative estimate of drug-likeness (QED) is 0.535. The molecule has 1 aromatic heterocycles. The minimum absolute atomic E-state index is 0.206. The van der Waals surface area contributed by atoms with Crippen LogP contribution in [0.15, 0.2) is 42.6 Å². The summed E-state index contributed by atoms with van der Waals surface area (Å²) in [6.07, 6.45) is 4.48. The van der Waals surface area contributed by atoms with Gasteiger partial charge in [-0.1, -0.05) is 0 Å². The zero-order chi connectivity index (χ0) is 17.4. The first-order chi connectivity index (χ1) is 12.1. The lowest BCUT2D eigenvalue weighted by Crippen LogP contribution is -2.32. The minimum atomic E-state index is -0.206. The number of benzene rings is 2. The van der Waals surface area contributed by atoms with Crippen LogP contribution in [0, 0.1) is 11.7 Å². The summed E-state index contributed by atoms with van der Waals surface area (Å²) >= 11 is 0. The van der Waals surface area contributed by atoms with E-state index in [-0.39, 0.29) is 5.82 Å². The first kappa shape index (κ1) is 16.3. The van der Waals surface area contributed by atoms with Crippen molar-refractivity contribution < 1.29 is 13.7 Å². The number of aryl methyl sites for hydroxylation is 1. The van der Waals surface area contributed by atoms with Crippen LogP contribution in [0.3, 0.4) is 0 Å². The van der Waals surface area contributed by atoms with Crippen molar-refractivity contribution in [3.8, 4) is 5.75 Å². The topological polar surface area (TPSA) is 16.4 Å². The van der Waals surface area contributed by atoms with Crippen molar-refractivity contribution in [3.05, 3.63) is 48.4 Å². The Bertz CT molecular complexity index is 917. The van der Waals surface area contributed by atoms with E-state index < -0.39 is 0 Å². The molecule has 1 saturated heterocycles. The Morgan fingerprint density at radius 1 is 1.12 bits per heavy atom. The fraction of sp³-hybridized carbons (Fsp3) is 0.381. The third-order valence-electron chi connectivity index (χ3n) is 5.31. The second-order valence-electron chi connectivity index (χ2n) is 7.21. The van der Waals surface area contributed by atoms with Crippen LogP contribution in [-0.4, -0.2) is 31.6 Å². The third kappa shape index (κ3) is 3.31. The van der Waals surface area contributed by atoms with E-state index in [0.717, 1.165) is 47.1 Å². The maximum Gasteiger partial charge on any atom is 0.213 e. The zero-order valence-electron chi connectivity index (χ0n) is 14.8. The zero-order valence-corrected chi connectivity index (χ0v) is 14.8. The first-order valence-corrected chi connectivity index (χ1v) is 8.93. The van der Waals surface area contributed by atoms with E-state index in [1.807, 2.05) is 29.8 Å². The third-order valence-corrected chi connectivity index (χ3v) is 5.31. The van der Waals surface area contributed by atoms with Crippen molar-refractivity contribution in [2.45, 2.75) is 12.8 Å². The van der Waals surface area contributed by atoms with E-state index in [1.54, 1.807) is 6.07 Å². The average Bonchev–Trinajstić information content (AvgIpc) is 2.61. The average molecular weight is 339 g/mol. The van der Waals surface area contributed by atoms with Crippen molar-refractivity contribution in [2.24, 2.45) is 13.0 Å². The highest BCUT2D eigenvalue weighted by Crippen LogP contribution is 2.27. The van der Waals surface area contributed by atoms with Gasteiger partial charge < -0.3 is 9.64 Å². The largest absolute Gasteiger partial charge is 0.493 e. The van der Waals surface area contributed by atoms with Crippen molar-refractivity contribution in [3.63, 3.8) is 0 Å². The summed E-state index contributed by atoms with van der Waals surface area (Å²) in [6, 6.07) is 11.1. The molecule has 0 saturated carbocycles. The molecule has 1 aliphatic rings. The van der Waals surface area contributed by atoms with E-state index >= 15 is 0 Å². The Labute approximate surface area is 147 Å². The number of pyridine rings is 1. The highest BCUT2D eigenvalue weighted by Gasteiger charge is 2.17. The van der Waals surface area contributed by atoms with Gasteiger partial charge in [-0.05, 0) is 69.2 Å². The van der Waals surface area contributed by atoms with Gasteiger partial charge in [0.15, 0.2) is 6.20 Å². The highest BCUT2D eigenvalue weighted by atomic mass is 19.1. The predicted molar refractivity (Wildman–Crippen MR) is 98.3 cm³/mol. The number of hydrogen-bond acceptors (Lipinski definition) is 2. The van der Waals surface area contributed by atoms with Gasteiger partial charge in [0.2, 0.25) is 5.52 Å². The second-order valence-corrected chi connectivity index (χ2v) is 7.21. The summed E-state index contributed by atoms with van der Waals surface area (Å²) in [5, 5.41) is 3.06. The van der Waals surface area contributed by atoms with Crippen LogP contribution in [-0.2, 0) is 7.05 Å². The van der Waals surface area contributed by atoms with Crippen LogP contribution >= 0.6 is 0 Å². The molecule has 2 heterocycles. The van der Waals surface area contributed by atoms with Crippen LogP contribution in [0.25, 0.3) is 21.7 Å². The van der Waals surface area contributed by atoms with E-state index in [4.69, 9.17) is 4.74 Å². The Balaban J connectivity index is 1.61. The Morgan fingerprint density at radius 2 is 1.92 bits per heavy atom. The molecule has 0 bridgehead atoms. The predicted octanol–water partition coefficient (Wildman–Crippen LogP) is 3.68. The monoisotopic (exact) mass is 339 g/mol. The summed E-state index contributed by atoms with van der Waals surface area (Å²) in [5.41, 5.74) is 1.02. The molecule has 130 valence electrons. The number of fused-ring (bicyclic) bond motifs is 3. The smallest absolute Gasteiger partial charge is 0.213 e. The molecule has 3 nitrogen and oxygen atoms in total. The highest BCUT2D eigenvalue weighted by molar-refractivity contribution is 6.04. The number of rotatable bonds is 3. The van der Waals surface area contributed by atoms with Crippen LogP contribution in [0.1, 0.15) is 12.8 Å². The van der Waals surface area contributed by atoms with Crippen molar-refractivity contribution in [1.29, 1.82) is 0 Å². The summed E-state index contributed by atoms with van der Waals surface area (Å²) in [4.78, 5) is 2.37. The lowest BCUT2D eigenvalue weighted by Gasteiger charge is -2.28. The molecule has 0 radical (unpaired) electrons. The van der Waals surface area contributed by atoms with Crippen LogP contribution in [0.4, 0.5) is 4.39 Å². The fourth-order valence-corrected chi connectivity index (χ4v) is 3.74. The Kier molecular flexibility index (Phi) is 4.30. The molecule has 4 heteroatoms. The van der Waals surface area contributed by atoms with E-state index in [2.05, 4.69) is 24.2 Å². The van der Waals surface area contributed by atoms with Gasteiger partial charge >= 0.3 is 0 Å². The maximum absolute atomic E-state index is 13.7. The van der Waals surface area contributed by atoms with Gasteiger partial charge in [-0.15, -0.1) is 0 Å². The summed E-state index contributed by atoms with van der Waals surface area (Å²) < 4.78 is 21.8. The molecule has 0 spiro atoms. The molecule has 1 aliphatic heterocycles. The van der Waals surface area contributed by atoms with Crippen molar-refractivity contribution >= 4 is 21.7 Å². The number of halogens is 1. The minimum Gasteiger partial charge on any atom is -0.493 e. The second kappa shape index (κ2) is 6.60. The van der Waals surface area contributed by atoms with Gasteiger partial charge in [0.1, 0.15) is 18.6 Å². The summed E-state index contributed by atoms with van der Waals surface area (Å²) in [6.45, 7) is 3.08. The lowest BCUT2D eigenvalue weighted by atomic mass is 9.98. The molecule has 3 aromatic rings. The van der Waals surface area contributed by atoms with E-state index in [1.165, 1.54) is 18.9 Å². The van der Waals surface area contributed by atoms with Crippen LogP contribution in [0.2, 0.25) is 0 Å². The SMILES string of the molecule is CN1CCC(COc2ccc3c(c2)c[n+](C)c2ccc(F)cc32)CC1.